The summed E-state index contributed by atoms with van der Waals surface area (Å²) in [5, 5.41) is 4.42. The maximum absolute atomic E-state index is 12.9. The lowest BCUT2D eigenvalue weighted by atomic mass is 9.88. The first-order valence-corrected chi connectivity index (χ1v) is 12.5. The zero-order valence-electron chi connectivity index (χ0n) is 18.7. The maximum Gasteiger partial charge on any atom is 0.341 e. The minimum atomic E-state index is -0.330. The van der Waals surface area contributed by atoms with Crippen molar-refractivity contribution >= 4 is 45.5 Å². The number of nitrogens with one attached hydrogen (secondary N) is 1. The summed E-state index contributed by atoms with van der Waals surface area (Å²) in [4.78, 5) is 31.1. The molecule has 0 radical (unpaired) electrons. The predicted molar refractivity (Wildman–Crippen MR) is 130 cm³/mol. The molecule has 2 aromatic rings. The number of para-hydroxylation sites is 1. The van der Waals surface area contributed by atoms with E-state index in [9.17, 15) is 9.59 Å². The van der Waals surface area contributed by atoms with Crippen molar-refractivity contribution in [1.29, 1.82) is 0 Å². The van der Waals surface area contributed by atoms with E-state index in [1.807, 2.05) is 24.3 Å². The molecule has 2 aliphatic rings. The molecule has 1 aliphatic carbocycles. The maximum atomic E-state index is 12.9. The van der Waals surface area contributed by atoms with Crippen molar-refractivity contribution in [2.45, 2.75) is 33.1 Å². The Kier molecular flexibility index (Phi) is 7.38. The Labute approximate surface area is 198 Å². The lowest BCUT2D eigenvalue weighted by Crippen LogP contribution is -2.48. The summed E-state index contributed by atoms with van der Waals surface area (Å²) >= 11 is 7.86. The number of anilines is 2. The first kappa shape index (κ1) is 23.1. The van der Waals surface area contributed by atoms with Gasteiger partial charge in [-0.15, -0.1) is 11.3 Å². The van der Waals surface area contributed by atoms with Crippen LogP contribution in [-0.2, 0) is 22.4 Å². The monoisotopic (exact) mass is 475 g/mol. The SMILES string of the molecule is CCOC(=O)c1c(NC(=O)CN2CCN(c3ccccc3Cl)CC2)sc2c1CCC(C)C2. The molecule has 8 heteroatoms. The molecule has 0 saturated carbocycles. The summed E-state index contributed by atoms with van der Waals surface area (Å²) in [7, 11) is 0. The van der Waals surface area contributed by atoms with E-state index >= 15 is 0 Å². The molecule has 1 unspecified atom stereocenters. The predicted octanol–water partition coefficient (Wildman–Crippen LogP) is 4.46. The van der Waals surface area contributed by atoms with E-state index in [0.29, 0.717) is 29.6 Å². The average molecular weight is 476 g/mol. The van der Waals surface area contributed by atoms with Crippen LogP contribution in [0.5, 0.6) is 0 Å². The van der Waals surface area contributed by atoms with Gasteiger partial charge in [0, 0.05) is 31.1 Å². The molecule has 1 N–H and O–H groups in total. The van der Waals surface area contributed by atoms with Gasteiger partial charge in [0.05, 0.1) is 29.4 Å². The number of thiophene rings is 1. The van der Waals surface area contributed by atoms with Crippen LogP contribution in [0, 0.1) is 5.92 Å². The number of halogens is 1. The third kappa shape index (κ3) is 5.11. The highest BCUT2D eigenvalue weighted by Gasteiger charge is 2.29. The Hall–Kier alpha value is -2.09. The molecule has 1 aliphatic heterocycles. The van der Waals surface area contributed by atoms with E-state index in [0.717, 1.165) is 61.7 Å². The molecular weight excluding hydrogens is 446 g/mol. The number of carbonyl (C=O) groups excluding carboxylic acids is 2. The fourth-order valence-corrected chi connectivity index (χ4v) is 6.15. The number of piperazine rings is 1. The molecule has 1 saturated heterocycles. The summed E-state index contributed by atoms with van der Waals surface area (Å²) in [6, 6.07) is 7.85. The lowest BCUT2D eigenvalue weighted by molar-refractivity contribution is -0.117. The largest absolute Gasteiger partial charge is 0.462 e. The van der Waals surface area contributed by atoms with Crippen LogP contribution in [0.1, 0.15) is 41.1 Å². The van der Waals surface area contributed by atoms with E-state index in [1.165, 1.54) is 16.2 Å². The lowest BCUT2D eigenvalue weighted by Gasteiger charge is -2.36. The number of esters is 1. The molecule has 1 fully saturated rings. The summed E-state index contributed by atoms with van der Waals surface area (Å²) in [5.74, 6) is 0.172. The number of hydrogen-bond acceptors (Lipinski definition) is 6. The molecule has 1 atom stereocenters. The molecule has 172 valence electrons. The topological polar surface area (TPSA) is 61.9 Å². The standard InChI is InChI=1S/C24H30ClN3O3S/c1-3-31-24(30)22-17-9-8-16(2)14-20(17)32-23(22)26-21(29)15-27-10-12-28(13-11-27)19-7-5-4-6-18(19)25/h4-7,16H,3,8-15H2,1-2H3,(H,26,29). The number of carbonyl (C=O) groups is 2. The van der Waals surface area contributed by atoms with Crippen LogP contribution in [0.25, 0.3) is 0 Å². The molecule has 2 heterocycles. The van der Waals surface area contributed by atoms with Gasteiger partial charge >= 0.3 is 5.97 Å². The van der Waals surface area contributed by atoms with E-state index in [4.69, 9.17) is 16.3 Å². The van der Waals surface area contributed by atoms with Crippen LogP contribution in [0.15, 0.2) is 24.3 Å². The van der Waals surface area contributed by atoms with Crippen molar-refractivity contribution in [1.82, 2.24) is 4.90 Å². The molecule has 0 bridgehead atoms. The van der Waals surface area contributed by atoms with Crippen LogP contribution in [0.4, 0.5) is 10.7 Å². The highest BCUT2D eigenvalue weighted by molar-refractivity contribution is 7.17. The molecule has 32 heavy (non-hydrogen) atoms. The van der Waals surface area contributed by atoms with Crippen molar-refractivity contribution in [2.24, 2.45) is 5.92 Å². The highest BCUT2D eigenvalue weighted by atomic mass is 35.5. The molecule has 1 aromatic carbocycles. The van der Waals surface area contributed by atoms with Crippen LogP contribution < -0.4 is 10.2 Å². The van der Waals surface area contributed by atoms with E-state index < -0.39 is 0 Å². The normalized spacial score (nSPS) is 18.8. The Morgan fingerprint density at radius 1 is 1.22 bits per heavy atom. The molecule has 4 rings (SSSR count). The van der Waals surface area contributed by atoms with Gasteiger partial charge in [-0.05, 0) is 49.8 Å². The second-order valence-electron chi connectivity index (χ2n) is 8.54. The number of nitrogens with zero attached hydrogens (tertiary/aromatic N) is 2. The number of benzene rings is 1. The van der Waals surface area contributed by atoms with E-state index in [1.54, 1.807) is 6.92 Å². The quantitative estimate of drug-likeness (QED) is 0.625. The third-order valence-corrected chi connectivity index (χ3v) is 7.67. The summed E-state index contributed by atoms with van der Waals surface area (Å²) < 4.78 is 5.30. The average Bonchev–Trinajstić information content (AvgIpc) is 3.11. The summed E-state index contributed by atoms with van der Waals surface area (Å²) in [6.07, 6.45) is 2.87. The van der Waals surface area contributed by atoms with Crippen LogP contribution in [0.3, 0.4) is 0 Å². The highest BCUT2D eigenvalue weighted by Crippen LogP contribution is 2.40. The van der Waals surface area contributed by atoms with Gasteiger partial charge in [0.1, 0.15) is 5.00 Å². The summed E-state index contributed by atoms with van der Waals surface area (Å²) in [6.45, 7) is 7.85. The van der Waals surface area contributed by atoms with Crippen molar-refractivity contribution in [3.63, 3.8) is 0 Å². The number of ether oxygens (including phenoxy) is 1. The first-order chi connectivity index (χ1) is 15.5. The van der Waals surface area contributed by atoms with Crippen molar-refractivity contribution < 1.29 is 14.3 Å². The molecular formula is C24H30ClN3O3S. The number of hydrogen-bond donors (Lipinski definition) is 1. The fourth-order valence-electron chi connectivity index (χ4n) is 4.48. The first-order valence-electron chi connectivity index (χ1n) is 11.3. The zero-order chi connectivity index (χ0) is 22.7. The zero-order valence-corrected chi connectivity index (χ0v) is 20.2. The Bertz CT molecular complexity index is 985. The minimum Gasteiger partial charge on any atom is -0.462 e. The van der Waals surface area contributed by atoms with Crippen LogP contribution >= 0.6 is 22.9 Å². The minimum absolute atomic E-state index is 0.0895. The van der Waals surface area contributed by atoms with Gasteiger partial charge in [-0.1, -0.05) is 30.7 Å². The van der Waals surface area contributed by atoms with E-state index in [2.05, 4.69) is 22.0 Å². The van der Waals surface area contributed by atoms with Crippen molar-refractivity contribution in [3.05, 3.63) is 45.3 Å². The van der Waals surface area contributed by atoms with Crippen molar-refractivity contribution in [2.75, 3.05) is 49.5 Å². The van der Waals surface area contributed by atoms with Gasteiger partial charge in [-0.3, -0.25) is 9.69 Å². The molecule has 6 nitrogen and oxygen atoms in total. The second-order valence-corrected chi connectivity index (χ2v) is 10.1. The Balaban J connectivity index is 1.39. The number of amides is 1. The van der Waals surface area contributed by atoms with Crippen molar-refractivity contribution in [3.8, 4) is 0 Å². The number of rotatable bonds is 6. The van der Waals surface area contributed by atoms with E-state index in [-0.39, 0.29) is 11.9 Å². The third-order valence-electron chi connectivity index (χ3n) is 6.18. The molecule has 1 amide bonds. The van der Waals surface area contributed by atoms with Gasteiger partial charge in [-0.2, -0.15) is 0 Å². The van der Waals surface area contributed by atoms with Crippen LogP contribution in [-0.4, -0.2) is 56.1 Å². The van der Waals surface area contributed by atoms with Gasteiger partial charge < -0.3 is 15.0 Å². The fraction of sp³-hybridized carbons (Fsp3) is 0.500. The van der Waals surface area contributed by atoms with Crippen LogP contribution in [0.2, 0.25) is 5.02 Å². The number of fused-ring (bicyclic) bond motifs is 1. The smallest absolute Gasteiger partial charge is 0.341 e. The Morgan fingerprint density at radius 3 is 2.69 bits per heavy atom. The van der Waals surface area contributed by atoms with Gasteiger partial charge in [-0.25, -0.2) is 4.79 Å². The molecule has 0 spiro atoms. The van der Waals surface area contributed by atoms with Gasteiger partial charge in [0.25, 0.3) is 0 Å². The second kappa shape index (κ2) is 10.2. The van der Waals surface area contributed by atoms with Gasteiger partial charge in [0.2, 0.25) is 5.91 Å². The Morgan fingerprint density at radius 2 is 1.97 bits per heavy atom. The molecule has 1 aromatic heterocycles. The van der Waals surface area contributed by atoms with Gasteiger partial charge in [0.15, 0.2) is 0 Å². The summed E-state index contributed by atoms with van der Waals surface area (Å²) in [5.41, 5.74) is 2.67.